The van der Waals surface area contributed by atoms with Gasteiger partial charge in [-0.1, -0.05) is 18.2 Å². The smallest absolute Gasteiger partial charge is 0.261 e. The Hall–Kier alpha value is -3.74. The van der Waals surface area contributed by atoms with E-state index in [1.54, 1.807) is 25.5 Å². The predicted molar refractivity (Wildman–Crippen MR) is 107 cm³/mol. The third-order valence-corrected chi connectivity index (χ3v) is 4.73. The Morgan fingerprint density at radius 3 is 2.82 bits per heavy atom. The molecule has 0 aliphatic rings. The summed E-state index contributed by atoms with van der Waals surface area (Å²) in [5.41, 5.74) is 3.93. The van der Waals surface area contributed by atoms with Crippen molar-refractivity contribution in [3.63, 3.8) is 0 Å². The molecule has 140 valence electrons. The first-order chi connectivity index (χ1) is 13.5. The van der Waals surface area contributed by atoms with E-state index in [1.165, 1.54) is 0 Å². The van der Waals surface area contributed by atoms with Crippen molar-refractivity contribution in [3.8, 4) is 5.82 Å². The summed E-state index contributed by atoms with van der Waals surface area (Å²) in [4.78, 5) is 36.2. The largest absolute Gasteiger partial charge is 0.348 e. The number of amides is 1. The SMILES string of the molecule is Cc1cc(C(=O)NCc2cccnc2-n2cnc3ccccc32)c(=O)[nH]c1C. The van der Waals surface area contributed by atoms with Crippen LogP contribution in [0.4, 0.5) is 0 Å². The van der Waals surface area contributed by atoms with Crippen LogP contribution in [0.5, 0.6) is 0 Å². The molecular formula is C21H19N5O2. The number of hydrogen-bond donors (Lipinski definition) is 2. The number of aromatic nitrogens is 4. The molecule has 4 rings (SSSR count). The fourth-order valence-corrected chi connectivity index (χ4v) is 3.08. The quantitative estimate of drug-likeness (QED) is 0.575. The summed E-state index contributed by atoms with van der Waals surface area (Å²) in [5.74, 6) is 0.264. The number of para-hydroxylation sites is 2. The Labute approximate surface area is 161 Å². The van der Waals surface area contributed by atoms with Crippen molar-refractivity contribution in [2.24, 2.45) is 0 Å². The number of nitrogens with one attached hydrogen (secondary N) is 2. The van der Waals surface area contributed by atoms with Crippen molar-refractivity contribution in [1.82, 2.24) is 24.8 Å². The van der Waals surface area contributed by atoms with Gasteiger partial charge in [0.05, 0.1) is 11.0 Å². The van der Waals surface area contributed by atoms with Crippen molar-refractivity contribution in [2.75, 3.05) is 0 Å². The molecular weight excluding hydrogens is 354 g/mol. The highest BCUT2D eigenvalue weighted by atomic mass is 16.2. The monoisotopic (exact) mass is 373 g/mol. The number of carbonyl (C=O) groups is 1. The zero-order valence-electron chi connectivity index (χ0n) is 15.6. The van der Waals surface area contributed by atoms with Crippen LogP contribution in [0.1, 0.15) is 27.2 Å². The number of carbonyl (C=O) groups excluding carboxylic acids is 1. The molecule has 0 unspecified atom stereocenters. The Morgan fingerprint density at radius 2 is 1.96 bits per heavy atom. The van der Waals surface area contributed by atoms with E-state index in [2.05, 4.69) is 20.3 Å². The number of aryl methyl sites for hydroxylation is 2. The lowest BCUT2D eigenvalue weighted by Crippen LogP contribution is -2.30. The van der Waals surface area contributed by atoms with E-state index >= 15 is 0 Å². The summed E-state index contributed by atoms with van der Waals surface area (Å²) in [6, 6.07) is 13.1. The van der Waals surface area contributed by atoms with Gasteiger partial charge in [-0.2, -0.15) is 0 Å². The summed E-state index contributed by atoms with van der Waals surface area (Å²) in [6.45, 7) is 3.89. The molecule has 0 fully saturated rings. The molecule has 0 radical (unpaired) electrons. The molecule has 0 bridgehead atoms. The van der Waals surface area contributed by atoms with Gasteiger partial charge < -0.3 is 10.3 Å². The van der Waals surface area contributed by atoms with Gasteiger partial charge in [-0.3, -0.25) is 14.2 Å². The maximum absolute atomic E-state index is 12.5. The molecule has 0 aliphatic heterocycles. The first kappa shape index (κ1) is 17.7. The molecule has 0 spiro atoms. The Morgan fingerprint density at radius 1 is 1.14 bits per heavy atom. The number of imidazole rings is 1. The minimum Gasteiger partial charge on any atom is -0.348 e. The lowest BCUT2D eigenvalue weighted by atomic mass is 10.1. The summed E-state index contributed by atoms with van der Waals surface area (Å²) in [7, 11) is 0. The van der Waals surface area contributed by atoms with E-state index in [0.717, 1.165) is 27.9 Å². The van der Waals surface area contributed by atoms with Crippen LogP contribution < -0.4 is 10.9 Å². The number of aromatic amines is 1. The van der Waals surface area contributed by atoms with E-state index in [-0.39, 0.29) is 12.1 Å². The normalized spacial score (nSPS) is 10.9. The molecule has 1 amide bonds. The van der Waals surface area contributed by atoms with Crippen LogP contribution in [-0.2, 0) is 6.54 Å². The molecule has 0 saturated heterocycles. The van der Waals surface area contributed by atoms with Crippen LogP contribution in [0.15, 0.2) is 59.8 Å². The number of pyridine rings is 2. The zero-order chi connectivity index (χ0) is 19.7. The third-order valence-electron chi connectivity index (χ3n) is 4.73. The number of hydrogen-bond acceptors (Lipinski definition) is 4. The van der Waals surface area contributed by atoms with Gasteiger partial charge in [0, 0.05) is 24.0 Å². The summed E-state index contributed by atoms with van der Waals surface area (Å²) < 4.78 is 1.89. The molecule has 0 aliphatic carbocycles. The van der Waals surface area contributed by atoms with Crippen LogP contribution in [0, 0.1) is 13.8 Å². The molecule has 7 nitrogen and oxygen atoms in total. The lowest BCUT2D eigenvalue weighted by Gasteiger charge is -2.11. The maximum Gasteiger partial charge on any atom is 0.261 e. The van der Waals surface area contributed by atoms with E-state index in [0.29, 0.717) is 5.82 Å². The van der Waals surface area contributed by atoms with E-state index in [1.807, 2.05) is 47.9 Å². The van der Waals surface area contributed by atoms with E-state index < -0.39 is 11.5 Å². The second kappa shape index (κ2) is 7.11. The number of rotatable bonds is 4. The minimum atomic E-state index is -0.422. The number of fused-ring (bicyclic) bond motifs is 1. The maximum atomic E-state index is 12.5. The van der Waals surface area contributed by atoms with E-state index in [9.17, 15) is 9.59 Å². The summed E-state index contributed by atoms with van der Waals surface area (Å²) >= 11 is 0. The van der Waals surface area contributed by atoms with Crippen LogP contribution in [0.3, 0.4) is 0 Å². The number of benzene rings is 1. The Bertz CT molecular complexity index is 1240. The molecule has 7 heteroatoms. The topological polar surface area (TPSA) is 92.7 Å². The fourth-order valence-electron chi connectivity index (χ4n) is 3.08. The van der Waals surface area contributed by atoms with Crippen molar-refractivity contribution in [3.05, 3.63) is 87.7 Å². The van der Waals surface area contributed by atoms with Crippen molar-refractivity contribution in [2.45, 2.75) is 20.4 Å². The third kappa shape index (κ3) is 3.18. The van der Waals surface area contributed by atoms with Gasteiger partial charge in [0.1, 0.15) is 17.7 Å². The van der Waals surface area contributed by atoms with Crippen LogP contribution >= 0.6 is 0 Å². The van der Waals surface area contributed by atoms with Crippen LogP contribution in [0.2, 0.25) is 0 Å². The molecule has 4 aromatic rings. The summed E-state index contributed by atoms with van der Waals surface area (Å²) in [6.07, 6.45) is 3.41. The van der Waals surface area contributed by atoms with Gasteiger partial charge in [-0.15, -0.1) is 0 Å². The highest BCUT2D eigenvalue weighted by molar-refractivity contribution is 5.94. The molecule has 28 heavy (non-hydrogen) atoms. The second-order valence-electron chi connectivity index (χ2n) is 6.59. The average molecular weight is 373 g/mol. The molecule has 3 aromatic heterocycles. The average Bonchev–Trinajstić information content (AvgIpc) is 3.13. The van der Waals surface area contributed by atoms with Gasteiger partial charge in [-0.05, 0) is 43.7 Å². The first-order valence-corrected chi connectivity index (χ1v) is 8.89. The Balaban J connectivity index is 1.63. The second-order valence-corrected chi connectivity index (χ2v) is 6.59. The van der Waals surface area contributed by atoms with E-state index in [4.69, 9.17) is 0 Å². The highest BCUT2D eigenvalue weighted by Crippen LogP contribution is 2.19. The standard InChI is InChI=1S/C21H19N5O2/c1-13-10-16(21(28)25-14(13)2)20(27)23-11-15-6-5-9-22-19(15)26-12-24-17-7-3-4-8-18(17)26/h3-10,12H,11H2,1-2H3,(H,23,27)(H,25,28). The number of H-pyrrole nitrogens is 1. The minimum absolute atomic E-state index is 0.0987. The molecule has 0 atom stereocenters. The molecule has 1 aromatic carbocycles. The lowest BCUT2D eigenvalue weighted by molar-refractivity contribution is 0.0949. The van der Waals surface area contributed by atoms with Crippen molar-refractivity contribution in [1.29, 1.82) is 0 Å². The van der Waals surface area contributed by atoms with Crippen molar-refractivity contribution >= 4 is 16.9 Å². The molecule has 0 saturated carbocycles. The highest BCUT2D eigenvalue weighted by Gasteiger charge is 2.14. The molecule has 3 heterocycles. The fraction of sp³-hybridized carbons (Fsp3) is 0.143. The van der Waals surface area contributed by atoms with Gasteiger partial charge in [-0.25, -0.2) is 9.97 Å². The molecule has 2 N–H and O–H groups in total. The number of nitrogens with zero attached hydrogens (tertiary/aromatic N) is 3. The van der Waals surface area contributed by atoms with Gasteiger partial charge >= 0.3 is 0 Å². The summed E-state index contributed by atoms with van der Waals surface area (Å²) in [5, 5.41) is 2.82. The Kier molecular flexibility index (Phi) is 4.49. The van der Waals surface area contributed by atoms with Gasteiger partial charge in [0.25, 0.3) is 11.5 Å². The van der Waals surface area contributed by atoms with Gasteiger partial charge in [0.15, 0.2) is 0 Å². The van der Waals surface area contributed by atoms with Crippen LogP contribution in [-0.4, -0.2) is 25.4 Å². The van der Waals surface area contributed by atoms with Crippen LogP contribution in [0.25, 0.3) is 16.9 Å². The zero-order valence-corrected chi connectivity index (χ0v) is 15.6. The van der Waals surface area contributed by atoms with Crippen molar-refractivity contribution < 1.29 is 4.79 Å². The predicted octanol–water partition coefficient (Wildman–Crippen LogP) is 2.66. The van der Waals surface area contributed by atoms with Gasteiger partial charge in [0.2, 0.25) is 0 Å². The first-order valence-electron chi connectivity index (χ1n) is 8.89.